The van der Waals surface area contributed by atoms with Crippen LogP contribution in [-0.2, 0) is 37.5 Å². The van der Waals surface area contributed by atoms with Gasteiger partial charge < -0.3 is 20.7 Å². The second-order valence-corrected chi connectivity index (χ2v) is 14.5. The zero-order valence-electron chi connectivity index (χ0n) is 23.8. The summed E-state index contributed by atoms with van der Waals surface area (Å²) < 4.78 is 33.2. The molecule has 4 rings (SSSR count). The topological polar surface area (TPSA) is 155 Å². The molecular formula is C29H40ClN5O5S2. The van der Waals surface area contributed by atoms with Gasteiger partial charge in [-0.15, -0.1) is 11.3 Å². The van der Waals surface area contributed by atoms with E-state index in [9.17, 15) is 18.0 Å². The van der Waals surface area contributed by atoms with Crippen molar-refractivity contribution in [1.82, 2.24) is 14.9 Å². The van der Waals surface area contributed by atoms with E-state index in [0.717, 1.165) is 48.8 Å². The van der Waals surface area contributed by atoms with Crippen LogP contribution in [0.15, 0.2) is 35.7 Å². The molecule has 1 aliphatic carbocycles. The summed E-state index contributed by atoms with van der Waals surface area (Å²) in [6.07, 6.45) is 7.74. The highest BCUT2D eigenvalue weighted by atomic mass is 35.5. The number of amidine groups is 1. The van der Waals surface area contributed by atoms with E-state index in [-0.39, 0.29) is 37.9 Å². The van der Waals surface area contributed by atoms with Crippen LogP contribution in [0.2, 0.25) is 5.02 Å². The third-order valence-electron chi connectivity index (χ3n) is 7.89. The van der Waals surface area contributed by atoms with E-state index in [1.165, 1.54) is 22.7 Å². The first-order chi connectivity index (χ1) is 20.0. The largest absolute Gasteiger partial charge is 0.384 e. The second kappa shape index (κ2) is 14.8. The minimum atomic E-state index is -3.67. The highest BCUT2D eigenvalue weighted by molar-refractivity contribution is 7.88. The van der Waals surface area contributed by atoms with Crippen molar-refractivity contribution in [2.45, 2.75) is 82.7 Å². The molecular weight excluding hydrogens is 598 g/mol. The molecule has 13 heteroatoms. The third-order valence-corrected chi connectivity index (χ3v) is 9.79. The molecule has 1 aromatic carbocycles. The molecule has 230 valence electrons. The van der Waals surface area contributed by atoms with E-state index in [0.29, 0.717) is 22.9 Å². The van der Waals surface area contributed by atoms with E-state index in [1.807, 2.05) is 12.1 Å². The van der Waals surface area contributed by atoms with Crippen molar-refractivity contribution in [1.29, 1.82) is 5.41 Å². The molecule has 0 radical (unpaired) electrons. The van der Waals surface area contributed by atoms with Gasteiger partial charge in [0.05, 0.1) is 25.5 Å². The lowest BCUT2D eigenvalue weighted by Gasteiger charge is -2.29. The molecule has 1 aliphatic heterocycles. The van der Waals surface area contributed by atoms with E-state index >= 15 is 0 Å². The van der Waals surface area contributed by atoms with Crippen molar-refractivity contribution in [3.63, 3.8) is 0 Å². The van der Waals surface area contributed by atoms with Gasteiger partial charge in [-0.25, -0.2) is 13.1 Å². The fraction of sp³-hybridized carbons (Fsp3) is 0.552. The zero-order chi connectivity index (χ0) is 30.3. The number of nitrogens with one attached hydrogen (secondary N) is 3. The molecule has 1 saturated heterocycles. The molecule has 1 saturated carbocycles. The van der Waals surface area contributed by atoms with E-state index in [2.05, 4.69) is 10.0 Å². The molecule has 5 N–H and O–H groups in total. The van der Waals surface area contributed by atoms with Gasteiger partial charge in [-0.3, -0.25) is 15.0 Å². The average molecular weight is 638 g/mol. The highest BCUT2D eigenvalue weighted by Gasteiger charge is 2.42. The Morgan fingerprint density at radius 1 is 1.21 bits per heavy atom. The van der Waals surface area contributed by atoms with Crippen LogP contribution in [0.1, 0.15) is 67.4 Å². The van der Waals surface area contributed by atoms with Gasteiger partial charge >= 0.3 is 0 Å². The van der Waals surface area contributed by atoms with Gasteiger partial charge in [0, 0.05) is 33.8 Å². The maximum Gasteiger partial charge on any atom is 0.243 e. The quantitative estimate of drug-likeness (QED) is 0.194. The van der Waals surface area contributed by atoms with E-state index < -0.39 is 34.1 Å². The molecule has 2 heterocycles. The number of hydrogen-bond donors (Lipinski definition) is 4. The number of halogens is 1. The maximum atomic E-state index is 13.9. The minimum absolute atomic E-state index is 0.0466. The van der Waals surface area contributed by atoms with Crippen LogP contribution < -0.4 is 15.8 Å². The summed E-state index contributed by atoms with van der Waals surface area (Å²) in [6.45, 7) is 0.676. The standard InChI is InChI=1S/C29H40ClN5O5S2/c1-42(38,39)34-25(12-9-19-5-3-2-4-6-19)29(37)35-16-23(40-17-20-7-10-22(30)11-8-20)14-26(35)28(36)33-15-24-13-21(18-41-24)27(31)32/h7-8,10-11,13,18-19,23,25-26,34H,2-6,9,12,14-17H2,1H3,(H3,31,32)(H,33,36)/t23-,25-,26?/m1/s1. The predicted molar refractivity (Wildman–Crippen MR) is 165 cm³/mol. The summed E-state index contributed by atoms with van der Waals surface area (Å²) in [5, 5.41) is 12.9. The highest BCUT2D eigenvalue weighted by Crippen LogP contribution is 2.29. The third kappa shape index (κ3) is 9.50. The summed E-state index contributed by atoms with van der Waals surface area (Å²) in [5.41, 5.74) is 7.06. The molecule has 2 amide bonds. The van der Waals surface area contributed by atoms with Crippen molar-refractivity contribution < 1.29 is 22.7 Å². The lowest BCUT2D eigenvalue weighted by Crippen LogP contribution is -2.53. The molecule has 2 aliphatic rings. The van der Waals surface area contributed by atoms with E-state index in [1.54, 1.807) is 23.6 Å². The summed E-state index contributed by atoms with van der Waals surface area (Å²) >= 11 is 7.38. The molecule has 10 nitrogen and oxygen atoms in total. The maximum absolute atomic E-state index is 13.9. The van der Waals surface area contributed by atoms with Gasteiger partial charge in [0.25, 0.3) is 0 Å². The summed E-state index contributed by atoms with van der Waals surface area (Å²) in [7, 11) is -3.67. The molecule has 2 aromatic rings. The molecule has 0 bridgehead atoms. The molecule has 0 spiro atoms. The molecule has 1 unspecified atom stereocenters. The fourth-order valence-corrected chi connectivity index (χ4v) is 7.37. The van der Waals surface area contributed by atoms with Crippen LogP contribution in [0, 0.1) is 11.3 Å². The Hall–Kier alpha value is -2.51. The number of thiophene rings is 1. The van der Waals surface area contributed by atoms with Crippen molar-refractivity contribution >= 4 is 50.6 Å². The number of hydrogen-bond acceptors (Lipinski definition) is 7. The molecule has 42 heavy (non-hydrogen) atoms. The lowest BCUT2D eigenvalue weighted by molar-refractivity contribution is -0.140. The minimum Gasteiger partial charge on any atom is -0.384 e. The van der Waals surface area contributed by atoms with Gasteiger partial charge in [-0.1, -0.05) is 55.8 Å². The monoisotopic (exact) mass is 637 g/mol. The van der Waals surface area contributed by atoms with Crippen LogP contribution in [0.25, 0.3) is 0 Å². The SMILES string of the molecule is CS(=O)(=O)N[C@H](CCC1CCCCC1)C(=O)N1C[C@H](OCc2ccc(Cl)cc2)CC1C(=O)NCc1cc(C(=N)N)cs1. The number of rotatable bonds is 13. The van der Waals surface area contributed by atoms with Gasteiger partial charge in [0.15, 0.2) is 0 Å². The van der Waals surface area contributed by atoms with Crippen LogP contribution in [0.4, 0.5) is 0 Å². The van der Waals surface area contributed by atoms with Gasteiger partial charge in [-0.05, 0) is 42.5 Å². The first-order valence-electron chi connectivity index (χ1n) is 14.3. The number of nitrogens with two attached hydrogens (primary N) is 1. The number of benzene rings is 1. The Morgan fingerprint density at radius 2 is 1.93 bits per heavy atom. The number of nitrogens with zero attached hydrogens (tertiary/aromatic N) is 1. The molecule has 1 aromatic heterocycles. The zero-order valence-corrected chi connectivity index (χ0v) is 26.2. The van der Waals surface area contributed by atoms with Gasteiger partial charge in [-0.2, -0.15) is 0 Å². The van der Waals surface area contributed by atoms with Gasteiger partial charge in [0.1, 0.15) is 17.9 Å². The number of carbonyl (C=O) groups excluding carboxylic acids is 2. The van der Waals surface area contributed by atoms with Crippen LogP contribution in [-0.4, -0.2) is 62.0 Å². The van der Waals surface area contributed by atoms with Crippen LogP contribution >= 0.6 is 22.9 Å². The first kappa shape index (κ1) is 32.4. The summed E-state index contributed by atoms with van der Waals surface area (Å²) in [6, 6.07) is 7.24. The first-order valence-corrected chi connectivity index (χ1v) is 17.5. The summed E-state index contributed by atoms with van der Waals surface area (Å²) in [4.78, 5) is 29.7. The lowest BCUT2D eigenvalue weighted by atomic mass is 9.85. The fourth-order valence-electron chi connectivity index (χ4n) is 5.68. The average Bonchev–Trinajstić information content (AvgIpc) is 3.61. The number of ether oxygens (including phenoxy) is 1. The van der Waals surface area contributed by atoms with Crippen LogP contribution in [0.5, 0.6) is 0 Å². The van der Waals surface area contributed by atoms with Crippen molar-refractivity contribution in [3.8, 4) is 0 Å². The number of nitrogen functional groups attached to an aromatic ring is 1. The Kier molecular flexibility index (Phi) is 11.4. The Bertz CT molecular complexity index is 1340. The Labute approximate surface area is 256 Å². The number of sulfonamides is 1. The molecule has 2 fully saturated rings. The molecule has 3 atom stereocenters. The van der Waals surface area contributed by atoms with Crippen molar-refractivity contribution in [3.05, 3.63) is 56.7 Å². The number of amides is 2. The second-order valence-electron chi connectivity index (χ2n) is 11.3. The van der Waals surface area contributed by atoms with Crippen LogP contribution in [0.3, 0.4) is 0 Å². The summed E-state index contributed by atoms with van der Waals surface area (Å²) in [5.74, 6) is -0.336. The number of likely N-dealkylation sites (tertiary alicyclic amines) is 1. The Balaban J connectivity index is 1.48. The number of carbonyl (C=O) groups is 2. The van der Waals surface area contributed by atoms with Crippen molar-refractivity contribution in [2.24, 2.45) is 11.7 Å². The Morgan fingerprint density at radius 3 is 2.57 bits per heavy atom. The smallest absolute Gasteiger partial charge is 0.243 e. The van der Waals surface area contributed by atoms with E-state index in [4.69, 9.17) is 27.5 Å². The normalized spacial score (nSPS) is 20.4. The van der Waals surface area contributed by atoms with Crippen molar-refractivity contribution in [2.75, 3.05) is 12.8 Å². The predicted octanol–water partition coefficient (Wildman–Crippen LogP) is 3.77. The van der Waals surface area contributed by atoms with Gasteiger partial charge in [0.2, 0.25) is 21.8 Å².